The van der Waals surface area contributed by atoms with Crippen molar-refractivity contribution in [3.63, 3.8) is 0 Å². The smallest absolute Gasteiger partial charge is 0.138 e. The topological polar surface area (TPSA) is 51.8 Å². The Morgan fingerprint density at radius 3 is 3.15 bits per heavy atom. The largest absolute Gasteiger partial charge is 0.324 e. The fourth-order valence-electron chi connectivity index (χ4n) is 2.55. The van der Waals surface area contributed by atoms with E-state index in [-0.39, 0.29) is 6.04 Å². The quantitative estimate of drug-likeness (QED) is 0.878. The summed E-state index contributed by atoms with van der Waals surface area (Å²) in [6.45, 7) is 2.11. The van der Waals surface area contributed by atoms with Gasteiger partial charge in [0.2, 0.25) is 0 Å². The van der Waals surface area contributed by atoms with Crippen molar-refractivity contribution in [1.29, 1.82) is 0 Å². The van der Waals surface area contributed by atoms with Gasteiger partial charge in [0.25, 0.3) is 0 Å². The van der Waals surface area contributed by atoms with E-state index in [1.807, 2.05) is 6.20 Å². The third-order valence-electron chi connectivity index (χ3n) is 3.64. The third-order valence-corrected chi connectivity index (χ3v) is 4.63. The van der Waals surface area contributed by atoms with Crippen LogP contribution in [0.1, 0.15) is 41.5 Å². The van der Waals surface area contributed by atoms with Crippen LogP contribution in [0.3, 0.4) is 0 Å². The molecule has 0 amide bonds. The molecule has 1 aromatic heterocycles. The molecule has 0 radical (unpaired) electrons. The second kappa shape index (κ2) is 5.94. The van der Waals surface area contributed by atoms with Gasteiger partial charge < -0.3 is 5.73 Å². The zero-order valence-electron chi connectivity index (χ0n) is 11.7. The Morgan fingerprint density at radius 1 is 1.40 bits per heavy atom. The van der Waals surface area contributed by atoms with Crippen molar-refractivity contribution in [3.8, 4) is 0 Å². The summed E-state index contributed by atoms with van der Waals surface area (Å²) >= 11 is 1.78. The number of nitrogens with zero attached hydrogens (tertiary/aromatic N) is 2. The van der Waals surface area contributed by atoms with Crippen molar-refractivity contribution in [2.24, 2.45) is 5.73 Å². The predicted octanol–water partition coefficient (Wildman–Crippen LogP) is 3.41. The van der Waals surface area contributed by atoms with Gasteiger partial charge in [-0.15, -0.1) is 11.8 Å². The molecule has 2 N–H and O–H groups in total. The standard InChI is InChI=1S/C16H19N3S/c1-11-4-2-5-12(8-11)20-10-16-18-9-13-14(17)6-3-7-15(13)19-16/h2,4-5,8-9,14H,3,6-7,10,17H2,1H3. The highest BCUT2D eigenvalue weighted by Gasteiger charge is 2.18. The molecule has 0 aliphatic heterocycles. The van der Waals surface area contributed by atoms with Crippen LogP contribution >= 0.6 is 11.8 Å². The third kappa shape index (κ3) is 3.02. The first-order valence-corrected chi connectivity index (χ1v) is 8.00. The molecule has 4 heteroatoms. The van der Waals surface area contributed by atoms with Gasteiger partial charge in [0.1, 0.15) is 5.82 Å². The molecule has 1 aromatic carbocycles. The maximum Gasteiger partial charge on any atom is 0.138 e. The van der Waals surface area contributed by atoms with E-state index in [1.165, 1.54) is 10.5 Å². The van der Waals surface area contributed by atoms with Gasteiger partial charge in [-0.3, -0.25) is 0 Å². The lowest BCUT2D eigenvalue weighted by atomic mass is 9.93. The molecule has 3 nitrogen and oxygen atoms in total. The van der Waals surface area contributed by atoms with Gasteiger partial charge in [0, 0.05) is 28.4 Å². The molecule has 0 bridgehead atoms. The summed E-state index contributed by atoms with van der Waals surface area (Å²) in [5.74, 6) is 1.72. The Hall–Kier alpha value is -1.39. The second-order valence-electron chi connectivity index (χ2n) is 5.29. The Morgan fingerprint density at radius 2 is 2.30 bits per heavy atom. The minimum absolute atomic E-state index is 0.122. The number of aryl methyl sites for hydroxylation is 2. The van der Waals surface area contributed by atoms with Crippen LogP contribution in [-0.2, 0) is 12.2 Å². The minimum atomic E-state index is 0.122. The highest BCUT2D eigenvalue weighted by atomic mass is 32.2. The summed E-state index contributed by atoms with van der Waals surface area (Å²) < 4.78 is 0. The molecule has 1 aliphatic rings. The van der Waals surface area contributed by atoms with Crippen molar-refractivity contribution < 1.29 is 0 Å². The van der Waals surface area contributed by atoms with Crippen molar-refractivity contribution in [2.75, 3.05) is 0 Å². The number of rotatable bonds is 3. The number of aromatic nitrogens is 2. The molecule has 1 heterocycles. The van der Waals surface area contributed by atoms with E-state index in [1.54, 1.807) is 11.8 Å². The van der Waals surface area contributed by atoms with Crippen LogP contribution in [-0.4, -0.2) is 9.97 Å². The molecular formula is C16H19N3S. The lowest BCUT2D eigenvalue weighted by Gasteiger charge is -2.20. The van der Waals surface area contributed by atoms with Gasteiger partial charge in [0.15, 0.2) is 0 Å². The number of nitrogens with two attached hydrogens (primary N) is 1. The molecule has 20 heavy (non-hydrogen) atoms. The highest BCUT2D eigenvalue weighted by Crippen LogP contribution is 2.27. The van der Waals surface area contributed by atoms with E-state index in [9.17, 15) is 0 Å². The van der Waals surface area contributed by atoms with Crippen LogP contribution in [0.2, 0.25) is 0 Å². The minimum Gasteiger partial charge on any atom is -0.324 e. The van der Waals surface area contributed by atoms with E-state index in [4.69, 9.17) is 5.73 Å². The number of hydrogen-bond acceptors (Lipinski definition) is 4. The van der Waals surface area contributed by atoms with Crippen molar-refractivity contribution in [3.05, 3.63) is 53.1 Å². The first-order chi connectivity index (χ1) is 9.72. The molecule has 2 aromatic rings. The molecule has 0 spiro atoms. The molecular weight excluding hydrogens is 266 g/mol. The molecule has 1 atom stereocenters. The summed E-state index contributed by atoms with van der Waals surface area (Å²) in [6.07, 6.45) is 5.15. The summed E-state index contributed by atoms with van der Waals surface area (Å²) in [5, 5.41) is 0. The number of benzene rings is 1. The fraction of sp³-hybridized carbons (Fsp3) is 0.375. The summed E-state index contributed by atoms with van der Waals surface area (Å²) in [4.78, 5) is 10.4. The Balaban J connectivity index is 1.72. The Labute approximate surface area is 124 Å². The number of thioether (sulfide) groups is 1. The number of fused-ring (bicyclic) bond motifs is 1. The molecule has 0 saturated heterocycles. The molecule has 0 fully saturated rings. The Bertz CT molecular complexity index is 612. The predicted molar refractivity (Wildman–Crippen MR) is 82.6 cm³/mol. The van der Waals surface area contributed by atoms with E-state index in [2.05, 4.69) is 41.2 Å². The molecule has 1 unspecified atom stereocenters. The second-order valence-corrected chi connectivity index (χ2v) is 6.34. The molecule has 104 valence electrons. The van der Waals surface area contributed by atoms with Gasteiger partial charge >= 0.3 is 0 Å². The number of hydrogen-bond donors (Lipinski definition) is 1. The van der Waals surface area contributed by atoms with Crippen LogP contribution in [0, 0.1) is 6.92 Å². The lowest BCUT2D eigenvalue weighted by molar-refractivity contribution is 0.554. The van der Waals surface area contributed by atoms with Crippen LogP contribution in [0.15, 0.2) is 35.4 Å². The van der Waals surface area contributed by atoms with Crippen LogP contribution in [0.4, 0.5) is 0 Å². The fourth-order valence-corrected chi connectivity index (χ4v) is 3.42. The van der Waals surface area contributed by atoms with Gasteiger partial charge in [-0.05, 0) is 38.3 Å². The first-order valence-electron chi connectivity index (χ1n) is 7.02. The average molecular weight is 285 g/mol. The van der Waals surface area contributed by atoms with E-state index >= 15 is 0 Å². The van der Waals surface area contributed by atoms with E-state index < -0.39 is 0 Å². The normalized spacial score (nSPS) is 17.8. The van der Waals surface area contributed by atoms with Crippen LogP contribution < -0.4 is 5.73 Å². The lowest BCUT2D eigenvalue weighted by Crippen LogP contribution is -2.19. The van der Waals surface area contributed by atoms with Gasteiger partial charge in [-0.1, -0.05) is 17.7 Å². The van der Waals surface area contributed by atoms with Crippen molar-refractivity contribution in [2.45, 2.75) is 42.9 Å². The zero-order chi connectivity index (χ0) is 13.9. The monoisotopic (exact) mass is 285 g/mol. The van der Waals surface area contributed by atoms with Crippen LogP contribution in [0.25, 0.3) is 0 Å². The van der Waals surface area contributed by atoms with Gasteiger partial charge in [-0.2, -0.15) is 0 Å². The van der Waals surface area contributed by atoms with Crippen molar-refractivity contribution in [1.82, 2.24) is 9.97 Å². The molecule has 3 rings (SSSR count). The van der Waals surface area contributed by atoms with Crippen LogP contribution in [0.5, 0.6) is 0 Å². The maximum absolute atomic E-state index is 6.09. The summed E-state index contributed by atoms with van der Waals surface area (Å²) in [7, 11) is 0. The maximum atomic E-state index is 6.09. The summed E-state index contributed by atoms with van der Waals surface area (Å²) in [5.41, 5.74) is 9.67. The average Bonchev–Trinajstić information content (AvgIpc) is 2.45. The van der Waals surface area contributed by atoms with E-state index in [0.717, 1.165) is 42.1 Å². The molecule has 1 aliphatic carbocycles. The van der Waals surface area contributed by atoms with Gasteiger partial charge in [0.05, 0.1) is 5.75 Å². The summed E-state index contributed by atoms with van der Waals surface area (Å²) in [6, 6.07) is 8.65. The Kier molecular flexibility index (Phi) is 4.03. The SMILES string of the molecule is Cc1cccc(SCc2ncc3c(n2)CCCC3N)c1. The highest BCUT2D eigenvalue weighted by molar-refractivity contribution is 7.98. The van der Waals surface area contributed by atoms with Gasteiger partial charge in [-0.25, -0.2) is 9.97 Å². The van der Waals surface area contributed by atoms with E-state index in [0.29, 0.717) is 0 Å². The first kappa shape index (κ1) is 13.6. The zero-order valence-corrected chi connectivity index (χ0v) is 12.5. The van der Waals surface area contributed by atoms with Crippen molar-refractivity contribution >= 4 is 11.8 Å². The molecule has 0 saturated carbocycles.